The Balaban J connectivity index is 1.82. The van der Waals surface area contributed by atoms with Gasteiger partial charge in [-0.15, -0.1) is 0 Å². The third kappa shape index (κ3) is 8.57. The van der Waals surface area contributed by atoms with E-state index in [2.05, 4.69) is 5.32 Å². The van der Waals surface area contributed by atoms with Crippen molar-refractivity contribution in [1.29, 1.82) is 0 Å². The topological polar surface area (TPSA) is 86.8 Å². The quantitative estimate of drug-likeness (QED) is 0.191. The molecule has 0 heterocycles. The zero-order valence-electron chi connectivity index (χ0n) is 26.1. The van der Waals surface area contributed by atoms with E-state index < -0.39 is 34.3 Å². The van der Waals surface area contributed by atoms with Crippen molar-refractivity contribution in [3.63, 3.8) is 0 Å². The highest BCUT2D eigenvalue weighted by Crippen LogP contribution is 2.27. The van der Waals surface area contributed by atoms with Crippen molar-refractivity contribution in [3.8, 4) is 0 Å². The summed E-state index contributed by atoms with van der Waals surface area (Å²) < 4.78 is 44.1. The Bertz CT molecular complexity index is 1710. The molecule has 0 bridgehead atoms. The van der Waals surface area contributed by atoms with E-state index in [0.29, 0.717) is 6.42 Å². The van der Waals surface area contributed by atoms with Crippen molar-refractivity contribution in [2.75, 3.05) is 10.8 Å². The molecule has 0 fully saturated rings. The standard InChI is InChI=1S/C36H40FN3O4S/c1-5-28(4)38-36(42)34(23-29-13-7-6-8-14-29)39(24-30-15-11-12-27(3)22-30)35(41)25-40(33-17-10-9-16-32(33)37)45(43,44)31-20-18-26(2)19-21-31/h6-22,28,34H,5,23-25H2,1-4H3,(H,38,42)/t28-,34-/m0/s1. The van der Waals surface area contributed by atoms with Gasteiger partial charge in [0, 0.05) is 19.0 Å². The number of aryl methyl sites for hydroxylation is 2. The number of hydrogen-bond acceptors (Lipinski definition) is 4. The number of para-hydroxylation sites is 1. The van der Waals surface area contributed by atoms with Crippen LogP contribution < -0.4 is 9.62 Å². The number of rotatable bonds is 13. The van der Waals surface area contributed by atoms with E-state index in [1.165, 1.54) is 35.2 Å². The summed E-state index contributed by atoms with van der Waals surface area (Å²) in [6, 6.07) is 27.4. The molecule has 0 saturated carbocycles. The average Bonchev–Trinajstić information content (AvgIpc) is 3.02. The number of benzene rings is 4. The molecule has 7 nitrogen and oxygen atoms in total. The summed E-state index contributed by atoms with van der Waals surface area (Å²) in [4.78, 5) is 29.7. The predicted octanol–water partition coefficient (Wildman–Crippen LogP) is 6.19. The normalized spacial score (nSPS) is 12.6. The maximum absolute atomic E-state index is 15.3. The smallest absolute Gasteiger partial charge is 0.264 e. The molecule has 1 N–H and O–H groups in total. The second-order valence-electron chi connectivity index (χ2n) is 11.3. The van der Waals surface area contributed by atoms with Gasteiger partial charge in [-0.3, -0.25) is 13.9 Å². The molecule has 0 saturated heterocycles. The largest absolute Gasteiger partial charge is 0.352 e. The molecule has 0 unspecified atom stereocenters. The van der Waals surface area contributed by atoms with Gasteiger partial charge in [0.1, 0.15) is 18.4 Å². The zero-order valence-corrected chi connectivity index (χ0v) is 26.9. The monoisotopic (exact) mass is 629 g/mol. The highest BCUT2D eigenvalue weighted by molar-refractivity contribution is 7.92. The number of carbonyl (C=O) groups is 2. The Morgan fingerprint density at radius 2 is 1.47 bits per heavy atom. The molecule has 4 aromatic rings. The SMILES string of the molecule is CC[C@H](C)NC(=O)[C@H](Cc1ccccc1)N(Cc1cccc(C)c1)C(=O)CN(c1ccccc1F)S(=O)(=O)c1ccc(C)cc1. The molecule has 9 heteroatoms. The third-order valence-electron chi connectivity index (χ3n) is 7.72. The molecular weight excluding hydrogens is 589 g/mol. The number of anilines is 1. The Morgan fingerprint density at radius 3 is 2.11 bits per heavy atom. The van der Waals surface area contributed by atoms with Gasteiger partial charge in [0.25, 0.3) is 10.0 Å². The lowest BCUT2D eigenvalue weighted by Gasteiger charge is -2.34. The molecule has 4 rings (SSSR count). The maximum atomic E-state index is 15.3. The number of amides is 2. The molecule has 45 heavy (non-hydrogen) atoms. The lowest BCUT2D eigenvalue weighted by molar-refractivity contribution is -0.140. The zero-order chi connectivity index (χ0) is 32.6. The summed E-state index contributed by atoms with van der Waals surface area (Å²) in [7, 11) is -4.38. The molecule has 2 amide bonds. The fourth-order valence-corrected chi connectivity index (χ4v) is 6.43. The van der Waals surface area contributed by atoms with E-state index in [1.807, 2.05) is 82.3 Å². The first-order valence-electron chi connectivity index (χ1n) is 15.0. The molecule has 0 aliphatic carbocycles. The lowest BCUT2D eigenvalue weighted by atomic mass is 10.0. The molecule has 4 aromatic carbocycles. The van der Waals surface area contributed by atoms with Crippen LogP contribution in [0.3, 0.4) is 0 Å². The van der Waals surface area contributed by atoms with Crippen LogP contribution in [0.15, 0.2) is 108 Å². The van der Waals surface area contributed by atoms with Gasteiger partial charge in [0.15, 0.2) is 0 Å². The van der Waals surface area contributed by atoms with Crippen LogP contribution in [0, 0.1) is 19.7 Å². The van der Waals surface area contributed by atoms with Gasteiger partial charge in [-0.25, -0.2) is 12.8 Å². The van der Waals surface area contributed by atoms with Crippen molar-refractivity contribution in [3.05, 3.63) is 131 Å². The number of halogens is 1. The lowest BCUT2D eigenvalue weighted by Crippen LogP contribution is -2.54. The minimum Gasteiger partial charge on any atom is -0.352 e. The van der Waals surface area contributed by atoms with Crippen LogP contribution in [0.25, 0.3) is 0 Å². The van der Waals surface area contributed by atoms with Crippen molar-refractivity contribution < 1.29 is 22.4 Å². The van der Waals surface area contributed by atoms with Gasteiger partial charge in [-0.1, -0.05) is 96.9 Å². The van der Waals surface area contributed by atoms with Crippen LogP contribution in [0.5, 0.6) is 0 Å². The third-order valence-corrected chi connectivity index (χ3v) is 9.49. The van der Waals surface area contributed by atoms with Gasteiger partial charge >= 0.3 is 0 Å². The second-order valence-corrected chi connectivity index (χ2v) is 13.2. The van der Waals surface area contributed by atoms with Crippen LogP contribution in [0.4, 0.5) is 10.1 Å². The van der Waals surface area contributed by atoms with Gasteiger partial charge in [-0.2, -0.15) is 0 Å². The number of carbonyl (C=O) groups excluding carboxylic acids is 2. The molecule has 0 spiro atoms. The van der Waals surface area contributed by atoms with Gasteiger partial charge in [0.2, 0.25) is 11.8 Å². The fourth-order valence-electron chi connectivity index (χ4n) is 5.01. The van der Waals surface area contributed by atoms with E-state index in [0.717, 1.165) is 32.6 Å². The van der Waals surface area contributed by atoms with Crippen LogP contribution in [0.2, 0.25) is 0 Å². The molecule has 2 atom stereocenters. The first-order valence-corrected chi connectivity index (χ1v) is 16.5. The van der Waals surface area contributed by atoms with Crippen molar-refractivity contribution in [2.45, 2.75) is 64.1 Å². The van der Waals surface area contributed by atoms with E-state index in [-0.39, 0.29) is 35.5 Å². The number of sulfonamides is 1. The number of nitrogens with one attached hydrogen (secondary N) is 1. The predicted molar refractivity (Wildman–Crippen MR) is 176 cm³/mol. The summed E-state index contributed by atoms with van der Waals surface area (Å²) in [5.41, 5.74) is 3.17. The molecule has 0 aliphatic heterocycles. The molecule has 0 aromatic heterocycles. The highest BCUT2D eigenvalue weighted by atomic mass is 32.2. The van der Waals surface area contributed by atoms with E-state index in [9.17, 15) is 18.0 Å². The fraction of sp³-hybridized carbons (Fsp3) is 0.278. The van der Waals surface area contributed by atoms with Crippen molar-refractivity contribution in [2.24, 2.45) is 0 Å². The summed E-state index contributed by atoms with van der Waals surface area (Å²) in [5, 5.41) is 3.01. The summed E-state index contributed by atoms with van der Waals surface area (Å²) in [6.07, 6.45) is 0.885. The van der Waals surface area contributed by atoms with E-state index in [1.54, 1.807) is 12.1 Å². The van der Waals surface area contributed by atoms with Gasteiger partial charge in [0.05, 0.1) is 10.6 Å². The van der Waals surface area contributed by atoms with E-state index >= 15 is 4.39 Å². The highest BCUT2D eigenvalue weighted by Gasteiger charge is 2.35. The van der Waals surface area contributed by atoms with Crippen LogP contribution in [0.1, 0.15) is 42.5 Å². The first kappa shape index (κ1) is 33.4. The molecule has 236 valence electrons. The summed E-state index contributed by atoms with van der Waals surface area (Å²) in [5.74, 6) is -1.79. The summed E-state index contributed by atoms with van der Waals surface area (Å²) >= 11 is 0. The van der Waals surface area contributed by atoms with Crippen LogP contribution in [-0.2, 0) is 32.6 Å². The Morgan fingerprint density at radius 1 is 0.822 bits per heavy atom. The Labute approximate surface area is 265 Å². The second kappa shape index (κ2) is 15.0. The minimum absolute atomic E-state index is 0.0433. The molecule has 0 aliphatic rings. The average molecular weight is 630 g/mol. The van der Waals surface area contributed by atoms with Crippen LogP contribution >= 0.6 is 0 Å². The first-order chi connectivity index (χ1) is 21.5. The van der Waals surface area contributed by atoms with Gasteiger partial charge in [-0.05, 0) is 62.6 Å². The van der Waals surface area contributed by atoms with Crippen LogP contribution in [-0.4, -0.2) is 43.8 Å². The summed E-state index contributed by atoms with van der Waals surface area (Å²) in [6.45, 7) is 6.93. The van der Waals surface area contributed by atoms with E-state index in [4.69, 9.17) is 0 Å². The minimum atomic E-state index is -4.38. The van der Waals surface area contributed by atoms with Gasteiger partial charge < -0.3 is 10.2 Å². The number of hydrogen-bond donors (Lipinski definition) is 1. The van der Waals surface area contributed by atoms with Crippen molar-refractivity contribution in [1.82, 2.24) is 10.2 Å². The molecular formula is C36H40FN3O4S. The Hall–Kier alpha value is -4.50. The van der Waals surface area contributed by atoms with Crippen molar-refractivity contribution >= 4 is 27.5 Å². The maximum Gasteiger partial charge on any atom is 0.264 e. The Kier molecular flexibility index (Phi) is 11.1. The molecule has 0 radical (unpaired) electrons. The number of nitrogens with zero attached hydrogens (tertiary/aromatic N) is 2.